The van der Waals surface area contributed by atoms with Crippen LogP contribution in [0.2, 0.25) is 5.02 Å². The number of ether oxygens (including phenoxy) is 2. The fourth-order valence-electron chi connectivity index (χ4n) is 3.66. The molecule has 1 saturated heterocycles. The summed E-state index contributed by atoms with van der Waals surface area (Å²) >= 11 is 6.17. The number of aromatic amines is 1. The van der Waals surface area contributed by atoms with Gasteiger partial charge in [0.15, 0.2) is 6.10 Å². The van der Waals surface area contributed by atoms with Crippen LogP contribution in [-0.2, 0) is 20.8 Å². The number of benzene rings is 1. The average Bonchev–Trinajstić information content (AvgIpc) is 3.54. The number of fused-ring (bicyclic) bond motifs is 1. The van der Waals surface area contributed by atoms with Crippen molar-refractivity contribution < 1.29 is 20.4 Å². The van der Waals surface area contributed by atoms with Gasteiger partial charge in [0.25, 0.3) is 5.91 Å². The molecular weight excluding hydrogens is 406 g/mol. The lowest BCUT2D eigenvalue weighted by Crippen LogP contribution is -2.53. The number of amides is 2. The highest BCUT2D eigenvalue weighted by atomic mass is 35.5. The zero-order valence-corrected chi connectivity index (χ0v) is 18.1. The number of carbonyl (C=O) groups is 2. The van der Waals surface area contributed by atoms with E-state index in [0.717, 1.165) is 29.3 Å². The molecule has 1 aliphatic heterocycles. The van der Waals surface area contributed by atoms with E-state index in [1.54, 1.807) is 20.0 Å². The molecule has 2 aromatic rings. The zero-order valence-electron chi connectivity index (χ0n) is 18.3. The second-order valence-electron chi connectivity index (χ2n) is 8.65. The Bertz CT molecular complexity index is 975. The second-order valence-corrected chi connectivity index (χ2v) is 9.05. The van der Waals surface area contributed by atoms with Gasteiger partial charge >= 0.3 is 6.09 Å². The van der Waals surface area contributed by atoms with E-state index in [0.29, 0.717) is 18.1 Å². The van der Waals surface area contributed by atoms with E-state index in [-0.39, 0.29) is 32.0 Å². The van der Waals surface area contributed by atoms with Gasteiger partial charge in [0.2, 0.25) is 0 Å². The monoisotopic (exact) mass is 434 g/mol. The molecule has 1 aliphatic carbocycles. The zero-order chi connectivity index (χ0) is 22.2. The van der Waals surface area contributed by atoms with Gasteiger partial charge < -0.3 is 24.3 Å². The lowest BCUT2D eigenvalue weighted by molar-refractivity contribution is -0.150. The second kappa shape index (κ2) is 8.12. The molecule has 2 fully saturated rings. The lowest BCUT2D eigenvalue weighted by Gasteiger charge is -2.36. The molecule has 1 aromatic heterocycles. The van der Waals surface area contributed by atoms with E-state index < -0.39 is 17.8 Å². The molecule has 0 bridgehead atoms. The third kappa shape index (κ3) is 4.73. The summed E-state index contributed by atoms with van der Waals surface area (Å²) in [5.41, 5.74) is 1.08. The first-order chi connectivity index (χ1) is 14.8. The minimum atomic E-state index is -0.867. The van der Waals surface area contributed by atoms with Crippen molar-refractivity contribution in [3.8, 4) is 0 Å². The first-order valence-electron chi connectivity index (χ1n) is 10.9. The normalized spacial score (nSPS) is 20.2. The van der Waals surface area contributed by atoms with Crippen LogP contribution in [-0.4, -0.2) is 64.2 Å². The molecule has 0 spiro atoms. The van der Waals surface area contributed by atoms with Gasteiger partial charge in [-0.1, -0.05) is 23.7 Å². The number of aromatic nitrogens is 1. The molecule has 0 radical (unpaired) electrons. The third-order valence-corrected chi connectivity index (χ3v) is 5.60. The number of carbonyl (C=O) groups excluding carboxylic acids is 2. The summed E-state index contributed by atoms with van der Waals surface area (Å²) in [5.74, 6) is -0.107. The molecule has 1 saturated carbocycles. The van der Waals surface area contributed by atoms with Crippen molar-refractivity contribution in [2.45, 2.75) is 57.9 Å². The summed E-state index contributed by atoms with van der Waals surface area (Å²) in [4.78, 5) is 32.3. The van der Waals surface area contributed by atoms with Gasteiger partial charge in [-0.15, -0.1) is 0 Å². The Morgan fingerprint density at radius 3 is 2.97 bits per heavy atom. The van der Waals surface area contributed by atoms with E-state index in [9.17, 15) is 9.59 Å². The van der Waals surface area contributed by atoms with Crippen LogP contribution in [0.5, 0.6) is 0 Å². The van der Waals surface area contributed by atoms with E-state index in [1.165, 1.54) is 4.90 Å². The van der Waals surface area contributed by atoms with Gasteiger partial charge in [0, 0.05) is 37.6 Å². The van der Waals surface area contributed by atoms with Crippen molar-refractivity contribution in [3.63, 3.8) is 0 Å². The number of H-pyrrole nitrogens is 1. The fraction of sp³-hybridized carbons (Fsp3) is 0.545. The molecule has 1 atom stereocenters. The van der Waals surface area contributed by atoms with Gasteiger partial charge in [-0.3, -0.25) is 4.79 Å². The number of hydrogen-bond acceptors (Lipinski definition) is 4. The van der Waals surface area contributed by atoms with Crippen molar-refractivity contribution in [2.75, 3.05) is 19.7 Å². The topological polar surface area (TPSA) is 74.9 Å². The lowest BCUT2D eigenvalue weighted by atomic mass is 10.1. The number of hydrogen-bond donors (Lipinski definition) is 1. The van der Waals surface area contributed by atoms with Crippen LogP contribution >= 0.6 is 11.6 Å². The summed E-state index contributed by atoms with van der Waals surface area (Å²) in [6.45, 7) is 4.64. The highest BCUT2D eigenvalue weighted by Crippen LogP contribution is 2.31. The molecule has 162 valence electrons. The standard InChI is InChI=1S/C22H28ClN3O4/c1-22(2,3)30-21(28)25-8-9-29-19(13-25)20(27)26(15-5-6-15)12-14-4-7-16-17(23)11-24-18(16)10-14/h4,7,10-11,15,19,24H,5-6,8-9,12-13H2,1-3H3/i1D. The van der Waals surface area contributed by atoms with Crippen LogP contribution in [0.1, 0.15) is 40.5 Å². The Hall–Kier alpha value is -2.25. The summed E-state index contributed by atoms with van der Waals surface area (Å²) in [5, 5.41) is 1.63. The SMILES string of the molecule is [2H]CC(C)(C)OC(=O)N1CCOC(C(=O)N(Cc2ccc3c(Cl)c[nH]c3c2)C2CC2)C1. The van der Waals surface area contributed by atoms with Crippen molar-refractivity contribution in [2.24, 2.45) is 0 Å². The number of nitrogens with zero attached hydrogens (tertiary/aromatic N) is 2. The summed E-state index contributed by atoms with van der Waals surface area (Å²) in [6, 6.07) is 6.16. The molecule has 7 nitrogen and oxygen atoms in total. The number of nitrogens with one attached hydrogen (secondary N) is 1. The van der Waals surface area contributed by atoms with E-state index in [2.05, 4.69) is 4.98 Å². The molecular formula is C22H28ClN3O4. The predicted molar refractivity (Wildman–Crippen MR) is 114 cm³/mol. The largest absolute Gasteiger partial charge is 0.444 e. The number of halogens is 1. The smallest absolute Gasteiger partial charge is 0.410 e. The molecule has 8 heteroatoms. The fourth-order valence-corrected chi connectivity index (χ4v) is 3.88. The Balaban J connectivity index is 1.44. The van der Waals surface area contributed by atoms with Crippen molar-refractivity contribution in [1.29, 1.82) is 0 Å². The molecule has 1 N–H and O–H groups in total. The Labute approximate surface area is 182 Å². The van der Waals surface area contributed by atoms with Crippen LogP contribution in [0.4, 0.5) is 4.79 Å². The van der Waals surface area contributed by atoms with Gasteiger partial charge in [-0.25, -0.2) is 4.79 Å². The van der Waals surface area contributed by atoms with Crippen LogP contribution in [0, 0.1) is 0 Å². The molecule has 2 amide bonds. The Morgan fingerprint density at radius 2 is 2.23 bits per heavy atom. The Morgan fingerprint density at radius 1 is 1.43 bits per heavy atom. The Kier molecular flexibility index (Phi) is 5.33. The maximum absolute atomic E-state index is 13.3. The molecule has 1 unspecified atom stereocenters. The summed E-state index contributed by atoms with van der Waals surface area (Å²) in [6.07, 6.45) is 2.47. The van der Waals surface area contributed by atoms with E-state index in [1.807, 2.05) is 23.1 Å². The summed E-state index contributed by atoms with van der Waals surface area (Å²) < 4.78 is 18.7. The van der Waals surface area contributed by atoms with Gasteiger partial charge in [0.1, 0.15) is 5.60 Å². The minimum Gasteiger partial charge on any atom is -0.444 e. The first kappa shape index (κ1) is 19.7. The van der Waals surface area contributed by atoms with Crippen molar-refractivity contribution in [1.82, 2.24) is 14.8 Å². The van der Waals surface area contributed by atoms with Crippen molar-refractivity contribution in [3.05, 3.63) is 35.0 Å². The highest BCUT2D eigenvalue weighted by Gasteiger charge is 2.39. The third-order valence-electron chi connectivity index (χ3n) is 5.28. The molecule has 1 aromatic carbocycles. The number of rotatable bonds is 4. The average molecular weight is 435 g/mol. The minimum absolute atomic E-state index is 0.0305. The van der Waals surface area contributed by atoms with Crippen LogP contribution in [0.3, 0.4) is 0 Å². The van der Waals surface area contributed by atoms with Gasteiger partial charge in [-0.2, -0.15) is 0 Å². The van der Waals surface area contributed by atoms with Gasteiger partial charge in [0.05, 0.1) is 18.2 Å². The highest BCUT2D eigenvalue weighted by molar-refractivity contribution is 6.35. The van der Waals surface area contributed by atoms with Crippen LogP contribution in [0.15, 0.2) is 24.4 Å². The van der Waals surface area contributed by atoms with E-state index >= 15 is 0 Å². The molecule has 2 heterocycles. The maximum Gasteiger partial charge on any atom is 0.410 e. The predicted octanol–water partition coefficient (Wildman–Crippen LogP) is 3.95. The van der Waals surface area contributed by atoms with E-state index in [4.69, 9.17) is 22.4 Å². The quantitative estimate of drug-likeness (QED) is 0.790. The van der Waals surface area contributed by atoms with Gasteiger partial charge in [-0.05, 0) is 45.2 Å². The number of morpholine rings is 1. The molecule has 2 aliphatic rings. The molecule has 4 rings (SSSR count). The van der Waals surface area contributed by atoms with Crippen LogP contribution in [0.25, 0.3) is 10.9 Å². The molecule has 30 heavy (non-hydrogen) atoms. The van der Waals surface area contributed by atoms with Crippen LogP contribution < -0.4 is 0 Å². The van der Waals surface area contributed by atoms with Crippen molar-refractivity contribution >= 4 is 34.5 Å². The first-order valence-corrected chi connectivity index (χ1v) is 10.6. The summed E-state index contributed by atoms with van der Waals surface area (Å²) in [7, 11) is 0. The maximum atomic E-state index is 13.3.